The van der Waals surface area contributed by atoms with Gasteiger partial charge in [0.1, 0.15) is 0 Å². The molecule has 2 saturated carbocycles. The van der Waals surface area contributed by atoms with E-state index in [1.54, 1.807) is 18.0 Å². The molecule has 3 atom stereocenters. The van der Waals surface area contributed by atoms with Crippen LogP contribution in [-0.2, 0) is 4.79 Å². The third-order valence-corrected chi connectivity index (χ3v) is 7.65. The van der Waals surface area contributed by atoms with Crippen molar-refractivity contribution >= 4 is 23.9 Å². The molecule has 2 aliphatic carbocycles. The second-order valence-electron chi connectivity index (χ2n) is 7.82. The quantitative estimate of drug-likeness (QED) is 0.499. The van der Waals surface area contributed by atoms with E-state index in [1.807, 2.05) is 30.5 Å². The van der Waals surface area contributed by atoms with E-state index in [1.165, 1.54) is 4.90 Å². The van der Waals surface area contributed by atoms with Crippen LogP contribution < -0.4 is 5.43 Å². The van der Waals surface area contributed by atoms with Gasteiger partial charge in [0, 0.05) is 4.90 Å². The fraction of sp³-hybridized carbons (Fsp3) is 0.579. The lowest BCUT2D eigenvalue weighted by Gasteiger charge is -2.39. The van der Waals surface area contributed by atoms with Gasteiger partial charge in [-0.3, -0.25) is 4.79 Å². The Balaban J connectivity index is 1.72. The third-order valence-electron chi connectivity index (χ3n) is 6.90. The topological polar surface area (TPSA) is 61.7 Å². The highest BCUT2D eigenvalue weighted by Gasteiger charge is 2.72. The van der Waals surface area contributed by atoms with E-state index in [9.17, 15) is 9.90 Å². The van der Waals surface area contributed by atoms with Crippen LogP contribution in [0.1, 0.15) is 45.6 Å². The molecule has 0 radical (unpaired) electrons. The number of aliphatic hydroxyl groups is 1. The third kappa shape index (κ3) is 2.32. The number of thioether (sulfide) groups is 1. The number of carbonyl (C=O) groups excluding carboxylic acids is 1. The van der Waals surface area contributed by atoms with Crippen molar-refractivity contribution in [3.63, 3.8) is 0 Å². The molecule has 0 saturated heterocycles. The summed E-state index contributed by atoms with van der Waals surface area (Å²) < 4.78 is 0. The highest BCUT2D eigenvalue weighted by atomic mass is 32.2. The Hall–Kier alpha value is -1.33. The van der Waals surface area contributed by atoms with Crippen LogP contribution in [0.4, 0.5) is 0 Å². The molecule has 1 aromatic carbocycles. The first-order valence-electron chi connectivity index (χ1n) is 8.42. The Morgan fingerprint density at radius 3 is 2.46 bits per heavy atom. The van der Waals surface area contributed by atoms with E-state index in [-0.39, 0.29) is 16.7 Å². The van der Waals surface area contributed by atoms with E-state index in [2.05, 4.69) is 31.3 Å². The molecule has 3 rings (SSSR count). The summed E-state index contributed by atoms with van der Waals surface area (Å²) in [7, 11) is 0. The lowest BCUT2D eigenvalue weighted by Crippen LogP contribution is -2.45. The van der Waals surface area contributed by atoms with Crippen LogP contribution in [0, 0.1) is 16.2 Å². The number of hydrogen-bond acceptors (Lipinski definition) is 4. The summed E-state index contributed by atoms with van der Waals surface area (Å²) in [5.41, 5.74) is 2.72. The maximum absolute atomic E-state index is 12.9. The number of benzene rings is 1. The number of rotatable bonds is 4. The van der Waals surface area contributed by atoms with Crippen molar-refractivity contribution < 1.29 is 9.90 Å². The van der Waals surface area contributed by atoms with Crippen LogP contribution in [0.25, 0.3) is 0 Å². The zero-order valence-corrected chi connectivity index (χ0v) is 15.6. The van der Waals surface area contributed by atoms with Crippen molar-refractivity contribution in [2.45, 2.75) is 51.0 Å². The minimum atomic E-state index is -0.527. The van der Waals surface area contributed by atoms with Gasteiger partial charge in [0.2, 0.25) is 5.91 Å². The number of hydrogen-bond donors (Lipinski definition) is 2. The molecule has 0 aliphatic heterocycles. The zero-order chi connectivity index (χ0) is 17.6. The molecule has 3 unspecified atom stereocenters. The number of hydrazone groups is 1. The summed E-state index contributed by atoms with van der Waals surface area (Å²) in [6.07, 6.45) is 5.52. The second kappa shape index (κ2) is 5.88. The van der Waals surface area contributed by atoms with Crippen molar-refractivity contribution in [3.05, 3.63) is 29.8 Å². The molecule has 2 aliphatic rings. The Morgan fingerprint density at radius 2 is 1.96 bits per heavy atom. The lowest BCUT2D eigenvalue weighted by molar-refractivity contribution is -0.136. The molecule has 4 nitrogen and oxygen atoms in total. The molecule has 2 bridgehead atoms. The first kappa shape index (κ1) is 17.5. The SMILES string of the molecule is CSc1ccc(/C=N/NC(=O)C23CCC(C)(C(O)C2)C3(C)C)cc1. The van der Waals surface area contributed by atoms with Gasteiger partial charge in [-0.2, -0.15) is 5.10 Å². The normalized spacial score (nSPS) is 34.0. The predicted molar refractivity (Wildman–Crippen MR) is 98.1 cm³/mol. The average molecular weight is 346 g/mol. The van der Waals surface area contributed by atoms with E-state index in [0.29, 0.717) is 6.42 Å². The summed E-state index contributed by atoms with van der Waals surface area (Å²) >= 11 is 1.69. The fourth-order valence-electron chi connectivity index (χ4n) is 4.59. The molecule has 24 heavy (non-hydrogen) atoms. The van der Waals surface area contributed by atoms with Crippen molar-refractivity contribution in [1.82, 2.24) is 5.43 Å². The Morgan fingerprint density at radius 1 is 1.29 bits per heavy atom. The number of carbonyl (C=O) groups is 1. The van der Waals surface area contributed by atoms with Gasteiger partial charge in [0.15, 0.2) is 0 Å². The van der Waals surface area contributed by atoms with Crippen LogP contribution in [0.15, 0.2) is 34.3 Å². The number of nitrogens with one attached hydrogen (secondary N) is 1. The van der Waals surface area contributed by atoms with Crippen LogP contribution in [0.3, 0.4) is 0 Å². The monoisotopic (exact) mass is 346 g/mol. The molecule has 1 amide bonds. The standard InChI is InChI=1S/C19H26N2O2S/c1-17(2)18(3)9-10-19(17,11-15(18)22)16(23)21-20-12-13-5-7-14(24-4)8-6-13/h5-8,12,15,22H,9-11H2,1-4H3,(H,21,23)/b20-12+. The van der Waals surface area contributed by atoms with Crippen molar-refractivity contribution in [2.75, 3.05) is 6.26 Å². The highest BCUT2D eigenvalue weighted by Crippen LogP contribution is 2.72. The molecule has 0 aromatic heterocycles. The van der Waals surface area contributed by atoms with Gasteiger partial charge in [0.05, 0.1) is 17.7 Å². The predicted octanol–water partition coefficient (Wildman–Crippen LogP) is 3.44. The number of aliphatic hydroxyl groups excluding tert-OH is 1. The van der Waals surface area contributed by atoms with E-state index in [0.717, 1.165) is 18.4 Å². The zero-order valence-electron chi connectivity index (χ0n) is 14.8. The Kier molecular flexibility index (Phi) is 4.29. The smallest absolute Gasteiger partial charge is 0.246 e. The minimum Gasteiger partial charge on any atom is -0.393 e. The van der Waals surface area contributed by atoms with Gasteiger partial charge in [-0.1, -0.05) is 32.9 Å². The number of amides is 1. The van der Waals surface area contributed by atoms with Crippen molar-refractivity contribution in [3.8, 4) is 0 Å². The maximum Gasteiger partial charge on any atom is 0.246 e. The summed E-state index contributed by atoms with van der Waals surface area (Å²) in [5.74, 6) is -0.0650. The highest BCUT2D eigenvalue weighted by molar-refractivity contribution is 7.98. The average Bonchev–Trinajstić information content (AvgIpc) is 2.86. The fourth-order valence-corrected chi connectivity index (χ4v) is 5.00. The lowest BCUT2D eigenvalue weighted by atomic mass is 9.64. The minimum absolute atomic E-state index is 0.0650. The summed E-state index contributed by atoms with van der Waals surface area (Å²) in [5, 5.41) is 14.6. The van der Waals surface area contributed by atoms with Crippen LogP contribution in [0.5, 0.6) is 0 Å². The summed E-state index contributed by atoms with van der Waals surface area (Å²) in [6.45, 7) is 6.33. The molecular weight excluding hydrogens is 320 g/mol. The van der Waals surface area contributed by atoms with Crippen LogP contribution in [0.2, 0.25) is 0 Å². The first-order valence-corrected chi connectivity index (χ1v) is 9.65. The van der Waals surface area contributed by atoms with Gasteiger partial charge < -0.3 is 5.11 Å². The molecule has 0 heterocycles. The van der Waals surface area contributed by atoms with Gasteiger partial charge in [-0.25, -0.2) is 5.43 Å². The van der Waals surface area contributed by atoms with Crippen molar-refractivity contribution in [1.29, 1.82) is 0 Å². The molecule has 2 N–H and O–H groups in total. The molecule has 5 heteroatoms. The largest absolute Gasteiger partial charge is 0.393 e. The summed E-state index contributed by atoms with van der Waals surface area (Å²) in [6, 6.07) is 8.03. The number of fused-ring (bicyclic) bond motifs is 2. The van der Waals surface area contributed by atoms with Crippen LogP contribution >= 0.6 is 11.8 Å². The van der Waals surface area contributed by atoms with E-state index in [4.69, 9.17) is 0 Å². The first-order chi connectivity index (χ1) is 11.3. The van der Waals surface area contributed by atoms with E-state index < -0.39 is 11.5 Å². The molecule has 1 aromatic rings. The maximum atomic E-state index is 12.9. The van der Waals surface area contributed by atoms with Crippen molar-refractivity contribution in [2.24, 2.45) is 21.3 Å². The van der Waals surface area contributed by atoms with Gasteiger partial charge in [0.25, 0.3) is 0 Å². The molecule has 130 valence electrons. The number of nitrogens with zero attached hydrogens (tertiary/aromatic N) is 1. The molecule has 2 fully saturated rings. The van der Waals surface area contributed by atoms with E-state index >= 15 is 0 Å². The Labute approximate surface area is 148 Å². The van der Waals surface area contributed by atoms with Crippen LogP contribution in [-0.4, -0.2) is 29.6 Å². The van der Waals surface area contributed by atoms with Gasteiger partial charge >= 0.3 is 0 Å². The summed E-state index contributed by atoms with van der Waals surface area (Å²) in [4.78, 5) is 14.1. The Bertz CT molecular complexity index is 670. The molecular formula is C19H26N2O2S. The second-order valence-corrected chi connectivity index (χ2v) is 8.70. The van der Waals surface area contributed by atoms with Gasteiger partial charge in [-0.15, -0.1) is 11.8 Å². The molecule has 0 spiro atoms. The van der Waals surface area contributed by atoms with Gasteiger partial charge in [-0.05, 0) is 54.0 Å².